The number of carbonyl (C=O) groups is 2. The number of methoxy groups -OCH3 is 2. The Morgan fingerprint density at radius 2 is 1.89 bits per heavy atom. The highest BCUT2D eigenvalue weighted by molar-refractivity contribution is 6.10. The zero-order valence-corrected chi connectivity index (χ0v) is 19.4. The van der Waals surface area contributed by atoms with Gasteiger partial charge in [-0.1, -0.05) is 6.58 Å². The Bertz CT molecular complexity index is 1300. The molecule has 0 atom stereocenters. The standard InChI is InChI=1S/C24H23F2N5O4/c1-5-16(32)7-6-15-10-17-14(12-27-15)13-30(24(33)31(17)20-8-9-29(2)28-20)23-21(25)18(34-3)11-19(35-4)22(23)26/h5,8-12H,1,6-7,13H2,2-4H3. The van der Waals surface area contributed by atoms with E-state index in [4.69, 9.17) is 9.47 Å². The zero-order valence-electron chi connectivity index (χ0n) is 19.4. The van der Waals surface area contributed by atoms with E-state index in [1.165, 1.54) is 36.1 Å². The van der Waals surface area contributed by atoms with Gasteiger partial charge in [0.15, 0.2) is 34.7 Å². The number of fused-ring (bicyclic) bond motifs is 1. The van der Waals surface area contributed by atoms with E-state index in [2.05, 4.69) is 16.7 Å². The van der Waals surface area contributed by atoms with Crippen LogP contribution >= 0.6 is 0 Å². The van der Waals surface area contributed by atoms with E-state index in [-0.39, 0.29) is 36.1 Å². The maximum atomic E-state index is 15.3. The van der Waals surface area contributed by atoms with Crippen LogP contribution < -0.4 is 19.3 Å². The molecule has 182 valence electrons. The fourth-order valence-electron chi connectivity index (χ4n) is 3.82. The Labute approximate surface area is 200 Å². The molecule has 3 heterocycles. The summed E-state index contributed by atoms with van der Waals surface area (Å²) < 4.78 is 42.1. The summed E-state index contributed by atoms with van der Waals surface area (Å²) >= 11 is 0. The number of rotatable bonds is 8. The van der Waals surface area contributed by atoms with Gasteiger partial charge in [-0.2, -0.15) is 5.10 Å². The Morgan fingerprint density at radius 1 is 1.20 bits per heavy atom. The largest absolute Gasteiger partial charge is 0.493 e. The first-order valence-electron chi connectivity index (χ1n) is 10.6. The van der Waals surface area contributed by atoms with Gasteiger partial charge in [-0.3, -0.25) is 19.4 Å². The quantitative estimate of drug-likeness (QED) is 0.449. The van der Waals surface area contributed by atoms with Crippen LogP contribution in [0.3, 0.4) is 0 Å². The molecule has 0 saturated heterocycles. The first-order chi connectivity index (χ1) is 16.8. The van der Waals surface area contributed by atoms with Crippen LogP contribution in [-0.2, 0) is 24.8 Å². The second-order valence-corrected chi connectivity index (χ2v) is 7.78. The van der Waals surface area contributed by atoms with E-state index in [1.807, 2.05) is 0 Å². The topological polar surface area (TPSA) is 89.8 Å². The Morgan fingerprint density at radius 3 is 2.46 bits per heavy atom. The molecular formula is C24H23F2N5O4. The number of anilines is 3. The van der Waals surface area contributed by atoms with E-state index in [9.17, 15) is 9.59 Å². The third kappa shape index (κ3) is 4.32. The van der Waals surface area contributed by atoms with Crippen molar-refractivity contribution in [2.45, 2.75) is 19.4 Å². The molecule has 11 heteroatoms. The van der Waals surface area contributed by atoms with E-state index >= 15 is 8.78 Å². The number of benzene rings is 1. The minimum atomic E-state index is -1.05. The van der Waals surface area contributed by atoms with E-state index in [0.29, 0.717) is 23.4 Å². The summed E-state index contributed by atoms with van der Waals surface area (Å²) in [7, 11) is 4.15. The molecule has 0 fully saturated rings. The minimum absolute atomic E-state index is 0.133. The summed E-state index contributed by atoms with van der Waals surface area (Å²) in [6.07, 6.45) is 4.94. The van der Waals surface area contributed by atoms with Crippen LogP contribution in [0.15, 0.2) is 43.2 Å². The summed E-state index contributed by atoms with van der Waals surface area (Å²) in [5, 5.41) is 4.31. The molecule has 9 nitrogen and oxygen atoms in total. The normalized spacial score (nSPS) is 13.0. The zero-order chi connectivity index (χ0) is 25.3. The van der Waals surface area contributed by atoms with Gasteiger partial charge in [-0.15, -0.1) is 0 Å². The second kappa shape index (κ2) is 9.53. The number of halogens is 2. The number of hydrogen-bond acceptors (Lipinski definition) is 6. The van der Waals surface area contributed by atoms with Gasteiger partial charge in [0, 0.05) is 49.3 Å². The first-order valence-corrected chi connectivity index (χ1v) is 10.6. The third-order valence-electron chi connectivity index (χ3n) is 5.61. The molecule has 0 radical (unpaired) electrons. The summed E-state index contributed by atoms with van der Waals surface area (Å²) in [5.41, 5.74) is 0.936. The van der Waals surface area contributed by atoms with Crippen LogP contribution in [0.25, 0.3) is 0 Å². The second-order valence-electron chi connectivity index (χ2n) is 7.78. The molecule has 1 aliphatic rings. The maximum absolute atomic E-state index is 15.3. The van der Waals surface area contributed by atoms with Gasteiger partial charge in [-0.25, -0.2) is 18.5 Å². The Kier molecular flexibility index (Phi) is 6.50. The van der Waals surface area contributed by atoms with Gasteiger partial charge in [0.25, 0.3) is 0 Å². The lowest BCUT2D eigenvalue weighted by Crippen LogP contribution is -2.46. The van der Waals surface area contributed by atoms with E-state index in [0.717, 1.165) is 11.0 Å². The summed E-state index contributed by atoms with van der Waals surface area (Å²) in [6.45, 7) is 3.30. The number of aryl methyl sites for hydroxylation is 2. The number of amides is 2. The molecule has 0 unspecified atom stereocenters. The molecule has 0 spiro atoms. The molecule has 1 aromatic carbocycles. The van der Waals surface area contributed by atoms with Crippen molar-refractivity contribution in [2.75, 3.05) is 24.0 Å². The van der Waals surface area contributed by atoms with Gasteiger partial charge in [-0.05, 0) is 18.6 Å². The third-order valence-corrected chi connectivity index (χ3v) is 5.61. The number of hydrogen-bond donors (Lipinski definition) is 0. The highest BCUT2D eigenvalue weighted by Crippen LogP contribution is 2.42. The number of aromatic nitrogens is 3. The van der Waals surface area contributed by atoms with Gasteiger partial charge in [0.1, 0.15) is 5.69 Å². The molecule has 0 bridgehead atoms. The first kappa shape index (κ1) is 23.9. The van der Waals surface area contributed by atoms with Crippen LogP contribution in [0.1, 0.15) is 17.7 Å². The van der Waals surface area contributed by atoms with Crippen LogP contribution in [0.5, 0.6) is 11.5 Å². The molecule has 2 aromatic heterocycles. The number of urea groups is 1. The fraction of sp³-hybridized carbons (Fsp3) is 0.250. The SMILES string of the molecule is C=CC(=O)CCc1cc2c(cn1)CN(c1c(F)c(OC)cc(OC)c1F)C(=O)N2c1ccn(C)n1. The van der Waals surface area contributed by atoms with Gasteiger partial charge in [0.2, 0.25) is 0 Å². The monoisotopic (exact) mass is 483 g/mol. The predicted octanol–water partition coefficient (Wildman–Crippen LogP) is 4.08. The number of ketones is 1. The molecule has 2 amide bonds. The lowest BCUT2D eigenvalue weighted by Gasteiger charge is -2.36. The predicted molar refractivity (Wildman–Crippen MR) is 124 cm³/mol. The maximum Gasteiger partial charge on any atom is 0.335 e. The van der Waals surface area contributed by atoms with Crippen molar-refractivity contribution >= 4 is 29.0 Å². The van der Waals surface area contributed by atoms with Crippen molar-refractivity contribution in [3.8, 4) is 11.5 Å². The molecule has 1 aliphatic heterocycles. The lowest BCUT2D eigenvalue weighted by molar-refractivity contribution is -0.114. The molecule has 35 heavy (non-hydrogen) atoms. The molecule has 0 aliphatic carbocycles. The number of ether oxygens (including phenoxy) is 2. The van der Waals surface area contributed by atoms with Crippen LogP contribution in [0.4, 0.5) is 30.8 Å². The molecular weight excluding hydrogens is 460 g/mol. The lowest BCUT2D eigenvalue weighted by atomic mass is 10.1. The van der Waals surface area contributed by atoms with Crippen molar-refractivity contribution < 1.29 is 27.8 Å². The highest BCUT2D eigenvalue weighted by atomic mass is 19.1. The summed E-state index contributed by atoms with van der Waals surface area (Å²) in [4.78, 5) is 32.0. The van der Waals surface area contributed by atoms with Gasteiger partial charge in [0.05, 0.1) is 26.5 Å². The van der Waals surface area contributed by atoms with E-state index < -0.39 is 23.4 Å². The average molecular weight is 483 g/mol. The van der Waals surface area contributed by atoms with Crippen molar-refractivity contribution in [2.24, 2.45) is 7.05 Å². The van der Waals surface area contributed by atoms with Crippen molar-refractivity contribution in [1.29, 1.82) is 0 Å². The summed E-state index contributed by atoms with van der Waals surface area (Å²) in [5.74, 6) is -2.53. The molecule has 4 rings (SSSR count). The van der Waals surface area contributed by atoms with Crippen LogP contribution in [0.2, 0.25) is 0 Å². The number of nitrogens with zero attached hydrogens (tertiary/aromatic N) is 5. The number of pyridine rings is 1. The van der Waals surface area contributed by atoms with Crippen molar-refractivity contribution in [1.82, 2.24) is 14.8 Å². The molecule has 0 N–H and O–H groups in total. The van der Waals surface area contributed by atoms with Crippen LogP contribution in [-0.4, -0.2) is 40.8 Å². The van der Waals surface area contributed by atoms with Crippen LogP contribution in [0, 0.1) is 11.6 Å². The Hall–Kier alpha value is -4.28. The molecule has 0 saturated carbocycles. The minimum Gasteiger partial charge on any atom is -0.493 e. The van der Waals surface area contributed by atoms with Gasteiger partial charge >= 0.3 is 6.03 Å². The average Bonchev–Trinajstić information content (AvgIpc) is 3.28. The smallest absolute Gasteiger partial charge is 0.335 e. The molecule has 3 aromatic rings. The van der Waals surface area contributed by atoms with Gasteiger partial charge < -0.3 is 9.47 Å². The highest BCUT2D eigenvalue weighted by Gasteiger charge is 2.38. The van der Waals surface area contributed by atoms with E-state index in [1.54, 1.807) is 25.4 Å². The van der Waals surface area contributed by atoms with Crippen molar-refractivity contribution in [3.63, 3.8) is 0 Å². The Balaban J connectivity index is 1.85. The fourth-order valence-corrected chi connectivity index (χ4v) is 3.82. The van der Waals surface area contributed by atoms with Crippen molar-refractivity contribution in [3.05, 3.63) is 66.1 Å². The number of allylic oxidation sites excluding steroid dienone is 1. The number of carbonyl (C=O) groups excluding carboxylic acids is 2. The summed E-state index contributed by atoms with van der Waals surface area (Å²) in [6, 6.07) is 3.62.